The van der Waals surface area contributed by atoms with Crippen molar-refractivity contribution in [2.45, 2.75) is 43.9 Å². The minimum absolute atomic E-state index is 0.0367. The van der Waals surface area contributed by atoms with Gasteiger partial charge < -0.3 is 19.1 Å². The fourth-order valence-electron chi connectivity index (χ4n) is 5.37. The molecule has 36 heavy (non-hydrogen) atoms. The molecule has 0 amide bonds. The summed E-state index contributed by atoms with van der Waals surface area (Å²) in [5.41, 5.74) is 3.43. The summed E-state index contributed by atoms with van der Waals surface area (Å²) in [6.45, 7) is -1.55. The number of aliphatic hydroxyl groups is 1. The van der Waals surface area contributed by atoms with Crippen LogP contribution in [0, 0.1) is 5.82 Å². The van der Waals surface area contributed by atoms with Crippen LogP contribution in [0.25, 0.3) is 22.2 Å². The van der Waals surface area contributed by atoms with Crippen molar-refractivity contribution >= 4 is 11.0 Å². The molecule has 186 valence electrons. The van der Waals surface area contributed by atoms with Crippen molar-refractivity contribution < 1.29 is 27.8 Å². The summed E-state index contributed by atoms with van der Waals surface area (Å²) in [5.74, 6) is 0.282. The molecule has 2 unspecified atom stereocenters. The highest BCUT2D eigenvalue weighted by molar-refractivity contribution is 5.83. The van der Waals surface area contributed by atoms with Crippen LogP contribution in [0.1, 0.15) is 54.4 Å². The Balaban J connectivity index is 1.41. The minimum Gasteiger partial charge on any atom is -0.434 e. The van der Waals surface area contributed by atoms with Crippen molar-refractivity contribution in [3.8, 4) is 16.9 Å². The van der Waals surface area contributed by atoms with Gasteiger partial charge in [-0.3, -0.25) is 4.98 Å². The number of halogens is 3. The van der Waals surface area contributed by atoms with Crippen molar-refractivity contribution in [3.05, 3.63) is 77.6 Å². The molecule has 6 rings (SSSR count). The lowest BCUT2D eigenvalue weighted by molar-refractivity contribution is -0.0507. The Morgan fingerprint density at radius 3 is 2.64 bits per heavy atom. The number of rotatable bonds is 5. The second-order valence-electron chi connectivity index (χ2n) is 9.20. The number of hydrogen-bond donors (Lipinski definition) is 1. The fourth-order valence-corrected chi connectivity index (χ4v) is 5.37. The number of benzene rings is 2. The highest BCUT2D eigenvalue weighted by atomic mass is 19.3. The number of alkyl halides is 2. The zero-order chi connectivity index (χ0) is 24.8. The Hall–Kier alpha value is -3.43. The molecular weight excluding hydrogens is 471 g/mol. The van der Waals surface area contributed by atoms with Gasteiger partial charge in [-0.25, -0.2) is 9.37 Å². The largest absolute Gasteiger partial charge is 0.434 e. The number of aromatic nitrogens is 3. The van der Waals surface area contributed by atoms with E-state index in [1.54, 1.807) is 35.0 Å². The summed E-state index contributed by atoms with van der Waals surface area (Å²) in [6, 6.07) is 12.8. The first-order valence-corrected chi connectivity index (χ1v) is 12.0. The third-order valence-electron chi connectivity index (χ3n) is 7.09. The quantitative estimate of drug-likeness (QED) is 0.381. The Morgan fingerprint density at radius 1 is 1.08 bits per heavy atom. The third kappa shape index (κ3) is 4.02. The lowest BCUT2D eigenvalue weighted by Crippen LogP contribution is -2.14. The Kier molecular flexibility index (Phi) is 5.89. The molecule has 9 heteroatoms. The highest BCUT2D eigenvalue weighted by Crippen LogP contribution is 2.44. The zero-order valence-electron chi connectivity index (χ0n) is 19.3. The summed E-state index contributed by atoms with van der Waals surface area (Å²) in [6.07, 6.45) is 2.82. The van der Waals surface area contributed by atoms with Crippen LogP contribution in [0.3, 0.4) is 0 Å². The van der Waals surface area contributed by atoms with E-state index in [2.05, 4.69) is 9.97 Å². The lowest BCUT2D eigenvalue weighted by Gasteiger charge is -2.21. The lowest BCUT2D eigenvalue weighted by atomic mass is 9.95. The Labute approximate surface area is 205 Å². The van der Waals surface area contributed by atoms with Crippen molar-refractivity contribution in [2.75, 3.05) is 13.2 Å². The molecule has 4 aromatic rings. The second-order valence-corrected chi connectivity index (χ2v) is 9.20. The van der Waals surface area contributed by atoms with E-state index in [-0.39, 0.29) is 12.2 Å². The summed E-state index contributed by atoms with van der Waals surface area (Å²) in [4.78, 5) is 9.07. The summed E-state index contributed by atoms with van der Waals surface area (Å²) < 4.78 is 53.2. The van der Waals surface area contributed by atoms with Gasteiger partial charge in [-0.1, -0.05) is 24.3 Å². The number of hydrogen-bond acceptors (Lipinski definition) is 5. The molecule has 1 fully saturated rings. The van der Waals surface area contributed by atoms with Crippen LogP contribution < -0.4 is 4.74 Å². The topological polar surface area (TPSA) is 69.4 Å². The number of nitrogens with zero attached hydrogens (tertiary/aromatic N) is 3. The fraction of sp³-hybridized carbons (Fsp3) is 0.333. The van der Waals surface area contributed by atoms with Crippen LogP contribution in [-0.2, 0) is 4.74 Å². The van der Waals surface area contributed by atoms with Gasteiger partial charge in [-0.15, -0.1) is 0 Å². The summed E-state index contributed by atoms with van der Waals surface area (Å²) in [5, 5.41) is 10.7. The van der Waals surface area contributed by atoms with Crippen molar-refractivity contribution in [1.82, 2.24) is 14.5 Å². The molecule has 2 aliphatic heterocycles. The predicted octanol–water partition coefficient (Wildman–Crippen LogP) is 5.76. The third-order valence-corrected chi connectivity index (χ3v) is 7.09. The molecule has 2 aromatic carbocycles. The van der Waals surface area contributed by atoms with E-state index in [9.17, 15) is 13.9 Å². The SMILES string of the molecule is OC1CC(c2ccccc2OC(F)F)n2c1nc1cc(F)c(-c3ccc(C4CCOCC4)nc3)cc12. The standard InChI is InChI=1S/C27H24F3N3O3/c28-19-12-21-23(11-18(19)16-5-6-20(31-14-16)15-7-9-35-10-8-15)33-22(13-24(34)26(33)32-21)17-3-1-2-4-25(17)36-27(29)30/h1-6,11-12,14-15,22,24,27,34H,7-10,13H2. The molecule has 2 aromatic heterocycles. The molecule has 0 saturated carbocycles. The highest BCUT2D eigenvalue weighted by Gasteiger charge is 2.36. The van der Waals surface area contributed by atoms with Crippen LogP contribution in [0.15, 0.2) is 54.7 Å². The molecule has 1 N–H and O–H groups in total. The van der Waals surface area contributed by atoms with Crippen molar-refractivity contribution in [3.63, 3.8) is 0 Å². The number of para-hydroxylation sites is 1. The van der Waals surface area contributed by atoms with E-state index in [4.69, 9.17) is 9.47 Å². The zero-order valence-corrected chi connectivity index (χ0v) is 19.3. The van der Waals surface area contributed by atoms with E-state index in [1.807, 2.05) is 12.1 Å². The molecule has 6 nitrogen and oxygen atoms in total. The molecule has 4 heterocycles. The molecule has 0 radical (unpaired) electrons. The molecular formula is C27H24F3N3O3. The maximum atomic E-state index is 15.2. The average Bonchev–Trinajstić information content (AvgIpc) is 3.41. The molecule has 1 saturated heterocycles. The minimum atomic E-state index is -2.98. The first-order valence-electron chi connectivity index (χ1n) is 12.0. The first kappa shape index (κ1) is 23.0. The van der Waals surface area contributed by atoms with Gasteiger partial charge in [0, 0.05) is 60.2 Å². The monoisotopic (exact) mass is 495 g/mol. The van der Waals surface area contributed by atoms with Gasteiger partial charge in [-0.05, 0) is 31.0 Å². The molecule has 0 bridgehead atoms. The van der Waals surface area contributed by atoms with Crippen molar-refractivity contribution in [1.29, 1.82) is 0 Å². The van der Waals surface area contributed by atoms with Gasteiger partial charge in [0.2, 0.25) is 0 Å². The Morgan fingerprint density at radius 2 is 1.89 bits per heavy atom. The van der Waals surface area contributed by atoms with Crippen LogP contribution in [0.2, 0.25) is 0 Å². The number of ether oxygens (including phenoxy) is 2. The number of imidazole rings is 1. The first-order chi connectivity index (χ1) is 17.5. The second kappa shape index (κ2) is 9.22. The molecule has 0 aliphatic carbocycles. The smallest absolute Gasteiger partial charge is 0.387 e. The summed E-state index contributed by atoms with van der Waals surface area (Å²) in [7, 11) is 0. The normalized spacial score (nSPS) is 20.2. The molecule has 2 aliphatic rings. The summed E-state index contributed by atoms with van der Waals surface area (Å²) >= 11 is 0. The van der Waals surface area contributed by atoms with E-state index in [0.29, 0.717) is 52.7 Å². The van der Waals surface area contributed by atoms with Crippen LogP contribution in [-0.4, -0.2) is 39.5 Å². The van der Waals surface area contributed by atoms with Gasteiger partial charge in [-0.2, -0.15) is 8.78 Å². The predicted molar refractivity (Wildman–Crippen MR) is 127 cm³/mol. The average molecular weight is 496 g/mol. The number of pyridine rings is 1. The van der Waals surface area contributed by atoms with Gasteiger partial charge >= 0.3 is 6.61 Å². The van der Waals surface area contributed by atoms with Crippen LogP contribution >= 0.6 is 0 Å². The van der Waals surface area contributed by atoms with Gasteiger partial charge in [0.1, 0.15) is 23.5 Å². The van der Waals surface area contributed by atoms with Gasteiger partial charge in [0.15, 0.2) is 0 Å². The molecule has 2 atom stereocenters. The Bertz CT molecular complexity index is 1400. The van der Waals surface area contributed by atoms with Gasteiger partial charge in [0.05, 0.1) is 17.1 Å². The van der Waals surface area contributed by atoms with Crippen LogP contribution in [0.4, 0.5) is 13.2 Å². The van der Waals surface area contributed by atoms with E-state index < -0.39 is 24.6 Å². The maximum absolute atomic E-state index is 15.2. The van der Waals surface area contributed by atoms with Crippen LogP contribution in [0.5, 0.6) is 5.75 Å². The maximum Gasteiger partial charge on any atom is 0.387 e. The van der Waals surface area contributed by atoms with Gasteiger partial charge in [0.25, 0.3) is 0 Å². The van der Waals surface area contributed by atoms with Crippen molar-refractivity contribution in [2.24, 2.45) is 0 Å². The van der Waals surface area contributed by atoms with E-state index >= 15 is 4.39 Å². The number of aliphatic hydroxyl groups excluding tert-OH is 1. The number of fused-ring (bicyclic) bond motifs is 3. The van der Waals surface area contributed by atoms with E-state index in [0.717, 1.165) is 18.5 Å². The van der Waals surface area contributed by atoms with E-state index in [1.165, 1.54) is 12.1 Å². The molecule has 0 spiro atoms.